The van der Waals surface area contributed by atoms with Crippen molar-refractivity contribution in [1.82, 2.24) is 15.1 Å². The van der Waals surface area contributed by atoms with E-state index in [-0.39, 0.29) is 36.8 Å². The summed E-state index contributed by atoms with van der Waals surface area (Å²) in [5.41, 5.74) is 1.98. The van der Waals surface area contributed by atoms with Gasteiger partial charge in [-0.2, -0.15) is 0 Å². The van der Waals surface area contributed by atoms with E-state index in [4.69, 9.17) is 4.42 Å². The number of nitrogens with zero attached hydrogens (tertiary/aromatic N) is 3. The highest BCUT2D eigenvalue weighted by atomic mass is 19.1. The molecule has 32 heavy (non-hydrogen) atoms. The Morgan fingerprint density at radius 1 is 1.12 bits per heavy atom. The number of imide groups is 1. The second-order valence-corrected chi connectivity index (χ2v) is 8.14. The first kappa shape index (κ1) is 20.2. The lowest BCUT2D eigenvalue weighted by atomic mass is 10.0. The fourth-order valence-electron chi connectivity index (χ4n) is 4.61. The largest absolute Gasteiger partial charge is 0.472 e. The summed E-state index contributed by atoms with van der Waals surface area (Å²) in [7, 11) is 0. The van der Waals surface area contributed by atoms with Gasteiger partial charge >= 0.3 is 0 Å². The monoisotopic (exact) mass is 440 g/mol. The Morgan fingerprint density at radius 2 is 1.91 bits per heavy atom. The van der Waals surface area contributed by atoms with Crippen molar-refractivity contribution in [3.05, 3.63) is 53.2 Å². The third kappa shape index (κ3) is 3.41. The third-order valence-electron chi connectivity index (χ3n) is 6.27. The smallest absolute Gasteiger partial charge is 0.257 e. The topological polar surface area (TPSA) is 103 Å². The minimum atomic E-state index is -0.757. The number of hydrogen-bond donors (Lipinski definition) is 1. The molecule has 1 atom stereocenters. The molecule has 3 aliphatic heterocycles. The first-order chi connectivity index (χ1) is 15.4. The highest BCUT2D eigenvalue weighted by Crippen LogP contribution is 2.35. The van der Waals surface area contributed by atoms with Crippen LogP contribution in [0.2, 0.25) is 0 Å². The van der Waals surface area contributed by atoms with Gasteiger partial charge in [0.15, 0.2) is 0 Å². The van der Waals surface area contributed by atoms with Crippen LogP contribution < -0.4 is 10.2 Å². The van der Waals surface area contributed by atoms with E-state index < -0.39 is 23.7 Å². The number of benzene rings is 1. The van der Waals surface area contributed by atoms with Crippen LogP contribution in [0.4, 0.5) is 10.1 Å². The van der Waals surface area contributed by atoms with E-state index in [1.54, 1.807) is 11.0 Å². The zero-order chi connectivity index (χ0) is 22.4. The van der Waals surface area contributed by atoms with Crippen LogP contribution in [0, 0.1) is 5.82 Å². The van der Waals surface area contributed by atoms with Gasteiger partial charge in [-0.05, 0) is 24.6 Å². The molecule has 10 heteroatoms. The summed E-state index contributed by atoms with van der Waals surface area (Å²) in [5, 5.41) is 2.27. The maximum absolute atomic E-state index is 14.4. The standard InChI is InChI=1S/C22H21FN4O5/c23-14-9-15-16(11-27(22(15)31)17-1-2-19(28)24-20(17)29)18(10-14)25-4-6-26(7-5-25)21(30)13-3-8-32-12-13/h3,8-10,12,17H,1-2,4-7,11H2,(H,24,28,29). The lowest BCUT2D eigenvalue weighted by Crippen LogP contribution is -2.52. The van der Waals surface area contributed by atoms with Gasteiger partial charge in [0.1, 0.15) is 18.1 Å². The van der Waals surface area contributed by atoms with E-state index in [9.17, 15) is 23.6 Å². The average Bonchev–Trinajstić information content (AvgIpc) is 3.42. The second-order valence-electron chi connectivity index (χ2n) is 8.14. The zero-order valence-electron chi connectivity index (χ0n) is 17.2. The van der Waals surface area contributed by atoms with Crippen molar-refractivity contribution in [1.29, 1.82) is 0 Å². The normalized spacial score (nSPS) is 21.1. The van der Waals surface area contributed by atoms with Gasteiger partial charge in [0, 0.05) is 56.0 Å². The van der Waals surface area contributed by atoms with E-state index in [2.05, 4.69) is 5.32 Å². The fraction of sp³-hybridized carbons (Fsp3) is 0.364. The van der Waals surface area contributed by atoms with Gasteiger partial charge in [0.05, 0.1) is 11.8 Å². The molecule has 1 unspecified atom stereocenters. The highest BCUT2D eigenvalue weighted by Gasteiger charge is 2.41. The molecule has 4 amide bonds. The summed E-state index contributed by atoms with van der Waals surface area (Å²) in [5.74, 6) is -1.93. The lowest BCUT2D eigenvalue weighted by Gasteiger charge is -2.37. The Balaban J connectivity index is 1.35. The molecule has 0 saturated carbocycles. The van der Waals surface area contributed by atoms with Crippen LogP contribution >= 0.6 is 0 Å². The van der Waals surface area contributed by atoms with Crippen molar-refractivity contribution in [2.75, 3.05) is 31.1 Å². The first-order valence-corrected chi connectivity index (χ1v) is 10.5. The van der Waals surface area contributed by atoms with Gasteiger partial charge in [0.25, 0.3) is 11.8 Å². The van der Waals surface area contributed by atoms with Gasteiger partial charge in [-0.25, -0.2) is 4.39 Å². The van der Waals surface area contributed by atoms with Crippen molar-refractivity contribution in [3.63, 3.8) is 0 Å². The Morgan fingerprint density at radius 3 is 2.59 bits per heavy atom. The van der Waals surface area contributed by atoms with Gasteiger partial charge in [-0.1, -0.05) is 0 Å². The number of nitrogens with one attached hydrogen (secondary N) is 1. The summed E-state index contributed by atoms with van der Waals surface area (Å²) in [6.45, 7) is 2.02. The van der Waals surface area contributed by atoms with Gasteiger partial charge in [-0.15, -0.1) is 0 Å². The first-order valence-electron chi connectivity index (χ1n) is 10.5. The number of piperidine rings is 1. The molecule has 1 N–H and O–H groups in total. The number of anilines is 1. The van der Waals surface area contributed by atoms with E-state index in [0.717, 1.165) is 0 Å². The minimum absolute atomic E-state index is 0.123. The Bertz CT molecular complexity index is 1110. The number of amides is 4. The number of rotatable bonds is 3. The van der Waals surface area contributed by atoms with Crippen LogP contribution in [0.25, 0.3) is 0 Å². The predicted molar refractivity (Wildman–Crippen MR) is 109 cm³/mol. The molecule has 5 rings (SSSR count). The van der Waals surface area contributed by atoms with Crippen LogP contribution in [0.1, 0.15) is 39.1 Å². The molecule has 166 valence electrons. The Kier molecular flexibility index (Phi) is 4.91. The summed E-state index contributed by atoms with van der Waals surface area (Å²) in [4.78, 5) is 54.4. The maximum atomic E-state index is 14.4. The molecule has 1 aromatic heterocycles. The molecular weight excluding hydrogens is 419 g/mol. The van der Waals surface area contributed by atoms with E-state index in [1.165, 1.54) is 29.6 Å². The van der Waals surface area contributed by atoms with Crippen molar-refractivity contribution in [2.24, 2.45) is 0 Å². The predicted octanol–water partition coefficient (Wildman–Crippen LogP) is 1.14. The molecule has 2 saturated heterocycles. The van der Waals surface area contributed by atoms with Gasteiger partial charge in [-0.3, -0.25) is 24.5 Å². The highest BCUT2D eigenvalue weighted by molar-refractivity contribution is 6.06. The molecule has 0 bridgehead atoms. The minimum Gasteiger partial charge on any atom is -0.472 e. The number of carbonyl (C=O) groups excluding carboxylic acids is 4. The van der Waals surface area contributed by atoms with Crippen molar-refractivity contribution in [2.45, 2.75) is 25.4 Å². The summed E-state index contributed by atoms with van der Waals surface area (Å²) in [6, 6.07) is 3.45. The molecule has 4 heterocycles. The quantitative estimate of drug-likeness (QED) is 0.718. The molecule has 0 spiro atoms. The summed E-state index contributed by atoms with van der Waals surface area (Å²) >= 11 is 0. The molecule has 1 aromatic carbocycles. The molecular formula is C22H21FN4O5. The third-order valence-corrected chi connectivity index (χ3v) is 6.27. The van der Waals surface area contributed by atoms with Crippen molar-refractivity contribution in [3.8, 4) is 0 Å². The van der Waals surface area contributed by atoms with Crippen molar-refractivity contribution < 1.29 is 28.0 Å². The Labute approximate surface area is 182 Å². The van der Waals surface area contributed by atoms with E-state index in [0.29, 0.717) is 43.0 Å². The zero-order valence-corrected chi connectivity index (χ0v) is 17.2. The van der Waals surface area contributed by atoms with Crippen LogP contribution in [-0.4, -0.2) is 65.6 Å². The fourth-order valence-corrected chi connectivity index (χ4v) is 4.61. The molecule has 9 nitrogen and oxygen atoms in total. The molecule has 3 aliphatic rings. The average molecular weight is 440 g/mol. The number of carbonyl (C=O) groups is 4. The van der Waals surface area contributed by atoms with Crippen LogP contribution in [0.3, 0.4) is 0 Å². The van der Waals surface area contributed by atoms with Gasteiger partial charge in [0.2, 0.25) is 11.8 Å². The molecule has 2 fully saturated rings. The molecule has 0 aliphatic carbocycles. The van der Waals surface area contributed by atoms with E-state index in [1.807, 2.05) is 4.90 Å². The maximum Gasteiger partial charge on any atom is 0.257 e. The van der Waals surface area contributed by atoms with Gasteiger partial charge < -0.3 is 19.1 Å². The van der Waals surface area contributed by atoms with Crippen LogP contribution in [0.5, 0.6) is 0 Å². The van der Waals surface area contributed by atoms with Crippen molar-refractivity contribution >= 4 is 29.3 Å². The van der Waals surface area contributed by atoms with E-state index >= 15 is 0 Å². The SMILES string of the molecule is O=C1CCC(N2Cc3c(cc(F)cc3N3CCN(C(=O)c4ccoc4)CC3)C2=O)C(=O)N1. The summed E-state index contributed by atoms with van der Waals surface area (Å²) < 4.78 is 19.4. The summed E-state index contributed by atoms with van der Waals surface area (Å²) in [6.07, 6.45) is 3.26. The number of halogens is 1. The number of fused-ring (bicyclic) bond motifs is 1. The Hall–Kier alpha value is -3.69. The number of piperazine rings is 1. The molecule has 0 radical (unpaired) electrons. The number of furan rings is 1. The van der Waals surface area contributed by atoms with Crippen LogP contribution in [-0.2, 0) is 16.1 Å². The second kappa shape index (κ2) is 7.77. The molecule has 2 aromatic rings. The lowest BCUT2D eigenvalue weighted by molar-refractivity contribution is -0.136. The van der Waals surface area contributed by atoms with Crippen LogP contribution in [0.15, 0.2) is 35.1 Å². The number of hydrogen-bond acceptors (Lipinski definition) is 6.